The van der Waals surface area contributed by atoms with E-state index in [1.54, 1.807) is 48.5 Å². The van der Waals surface area contributed by atoms with E-state index in [2.05, 4.69) is 16.7 Å². The van der Waals surface area contributed by atoms with Crippen LogP contribution in [0.15, 0.2) is 78.9 Å². The Labute approximate surface area is 162 Å². The molecule has 0 spiro atoms. The normalized spacial score (nSPS) is 9.82. The first-order valence-corrected chi connectivity index (χ1v) is 8.53. The maximum atomic E-state index is 11.8. The number of para-hydroxylation sites is 1. The molecular weight excluding hydrogens is 354 g/mol. The van der Waals surface area contributed by atoms with Crippen molar-refractivity contribution in [2.24, 2.45) is 0 Å². The number of hydrogen-bond donors (Lipinski definition) is 2. The molecule has 0 atom stereocenters. The van der Waals surface area contributed by atoms with Crippen molar-refractivity contribution in [1.29, 1.82) is 5.26 Å². The van der Waals surface area contributed by atoms with Crippen LogP contribution in [-0.4, -0.2) is 18.5 Å². The molecule has 3 rings (SSSR count). The highest BCUT2D eigenvalue weighted by atomic mass is 16.5. The quantitative estimate of drug-likeness (QED) is 0.710. The summed E-state index contributed by atoms with van der Waals surface area (Å²) < 4.78 is 5.41. The van der Waals surface area contributed by atoms with Crippen LogP contribution in [0.4, 0.5) is 10.5 Å². The summed E-state index contributed by atoms with van der Waals surface area (Å²) in [4.78, 5) is 23.6. The number of benzene rings is 3. The monoisotopic (exact) mass is 371 g/mol. The van der Waals surface area contributed by atoms with Gasteiger partial charge in [0.05, 0.1) is 11.6 Å². The van der Waals surface area contributed by atoms with Gasteiger partial charge in [0.25, 0.3) is 5.91 Å². The average molecular weight is 371 g/mol. The minimum absolute atomic E-state index is 0.279. The van der Waals surface area contributed by atoms with Gasteiger partial charge in [0.1, 0.15) is 5.75 Å². The third-order valence-electron chi connectivity index (χ3n) is 3.86. The molecule has 0 aliphatic carbocycles. The maximum Gasteiger partial charge on any atom is 0.325 e. The molecule has 3 aromatic rings. The Morgan fingerprint density at radius 2 is 1.46 bits per heavy atom. The molecule has 3 aromatic carbocycles. The summed E-state index contributed by atoms with van der Waals surface area (Å²) in [6, 6.07) is 24.7. The van der Waals surface area contributed by atoms with E-state index >= 15 is 0 Å². The number of urea groups is 1. The molecule has 0 aromatic heterocycles. The lowest BCUT2D eigenvalue weighted by Gasteiger charge is -2.09. The standard InChI is InChI=1S/C22H17N3O3/c23-14-16-6-8-17(9-7-16)18-10-12-20(13-11-18)28-15-21(26)25-22(27)24-19-4-2-1-3-5-19/h1-13H,15H2,(H2,24,25,26,27). The third-order valence-corrected chi connectivity index (χ3v) is 3.86. The molecule has 0 unspecified atom stereocenters. The van der Waals surface area contributed by atoms with Crippen LogP contribution >= 0.6 is 0 Å². The smallest absolute Gasteiger partial charge is 0.325 e. The number of amides is 3. The predicted octanol–water partition coefficient (Wildman–Crippen LogP) is 3.95. The Kier molecular flexibility index (Phi) is 6.01. The highest BCUT2D eigenvalue weighted by molar-refractivity contribution is 6.01. The Balaban J connectivity index is 1.49. The first kappa shape index (κ1) is 18.7. The maximum absolute atomic E-state index is 11.8. The van der Waals surface area contributed by atoms with E-state index in [9.17, 15) is 9.59 Å². The van der Waals surface area contributed by atoms with Crippen LogP contribution in [0.2, 0.25) is 0 Å². The fourth-order valence-electron chi connectivity index (χ4n) is 2.48. The van der Waals surface area contributed by atoms with Gasteiger partial charge in [-0.1, -0.05) is 42.5 Å². The van der Waals surface area contributed by atoms with Gasteiger partial charge in [-0.15, -0.1) is 0 Å². The van der Waals surface area contributed by atoms with Gasteiger partial charge in [-0.2, -0.15) is 5.26 Å². The molecule has 0 fully saturated rings. The second kappa shape index (κ2) is 9.01. The Bertz CT molecular complexity index is 992. The van der Waals surface area contributed by atoms with E-state index in [0.717, 1.165) is 11.1 Å². The van der Waals surface area contributed by atoms with E-state index < -0.39 is 11.9 Å². The molecule has 0 heterocycles. The molecular formula is C22H17N3O3. The van der Waals surface area contributed by atoms with E-state index in [4.69, 9.17) is 10.00 Å². The van der Waals surface area contributed by atoms with Crippen molar-refractivity contribution in [3.8, 4) is 22.9 Å². The van der Waals surface area contributed by atoms with Crippen LogP contribution in [0.1, 0.15) is 5.56 Å². The van der Waals surface area contributed by atoms with Crippen LogP contribution in [0, 0.1) is 11.3 Å². The number of carbonyl (C=O) groups is 2. The highest BCUT2D eigenvalue weighted by Crippen LogP contribution is 2.22. The largest absolute Gasteiger partial charge is 0.484 e. The molecule has 138 valence electrons. The van der Waals surface area contributed by atoms with E-state index in [-0.39, 0.29) is 6.61 Å². The summed E-state index contributed by atoms with van der Waals surface area (Å²) in [5.74, 6) is -0.0411. The van der Waals surface area contributed by atoms with E-state index in [1.807, 2.05) is 30.3 Å². The van der Waals surface area contributed by atoms with Crippen molar-refractivity contribution >= 4 is 17.6 Å². The molecule has 3 amide bonds. The fourth-order valence-corrected chi connectivity index (χ4v) is 2.48. The topological polar surface area (TPSA) is 91.2 Å². The molecule has 0 bridgehead atoms. The number of ether oxygens (including phenoxy) is 1. The van der Waals surface area contributed by atoms with Crippen LogP contribution < -0.4 is 15.4 Å². The number of imide groups is 1. The van der Waals surface area contributed by atoms with E-state index in [0.29, 0.717) is 17.0 Å². The first-order valence-electron chi connectivity index (χ1n) is 8.53. The Hall–Kier alpha value is -4.11. The van der Waals surface area contributed by atoms with Crippen molar-refractivity contribution in [2.75, 3.05) is 11.9 Å². The first-order chi connectivity index (χ1) is 13.6. The Morgan fingerprint density at radius 1 is 0.857 bits per heavy atom. The number of carbonyl (C=O) groups excluding carboxylic acids is 2. The number of nitrogens with zero attached hydrogens (tertiary/aromatic N) is 1. The molecule has 6 heteroatoms. The third kappa shape index (κ3) is 5.19. The number of hydrogen-bond acceptors (Lipinski definition) is 4. The molecule has 2 N–H and O–H groups in total. The highest BCUT2D eigenvalue weighted by Gasteiger charge is 2.09. The minimum atomic E-state index is -0.615. The van der Waals surface area contributed by atoms with Gasteiger partial charge >= 0.3 is 6.03 Å². The summed E-state index contributed by atoms with van der Waals surface area (Å²) in [7, 11) is 0. The molecule has 0 saturated heterocycles. The number of nitriles is 1. The van der Waals surface area contributed by atoms with Crippen LogP contribution in [0.3, 0.4) is 0 Å². The van der Waals surface area contributed by atoms with Crippen molar-refractivity contribution in [2.45, 2.75) is 0 Å². The van der Waals surface area contributed by atoms with E-state index in [1.165, 1.54) is 0 Å². The number of nitrogens with one attached hydrogen (secondary N) is 2. The van der Waals surface area contributed by atoms with Crippen molar-refractivity contribution in [1.82, 2.24) is 5.32 Å². The molecule has 0 saturated carbocycles. The predicted molar refractivity (Wildman–Crippen MR) is 106 cm³/mol. The average Bonchev–Trinajstić information content (AvgIpc) is 2.73. The summed E-state index contributed by atoms with van der Waals surface area (Å²) in [5.41, 5.74) is 3.13. The van der Waals surface area contributed by atoms with Crippen molar-refractivity contribution in [3.63, 3.8) is 0 Å². The molecule has 0 radical (unpaired) electrons. The van der Waals surface area contributed by atoms with Gasteiger partial charge in [0.2, 0.25) is 0 Å². The van der Waals surface area contributed by atoms with Gasteiger partial charge in [-0.25, -0.2) is 4.79 Å². The van der Waals surface area contributed by atoms with Crippen molar-refractivity contribution < 1.29 is 14.3 Å². The molecule has 0 aliphatic rings. The van der Waals surface area contributed by atoms with Gasteiger partial charge in [0, 0.05) is 5.69 Å². The van der Waals surface area contributed by atoms with Crippen LogP contribution in [-0.2, 0) is 4.79 Å². The summed E-state index contributed by atoms with van der Waals surface area (Å²) in [6.07, 6.45) is 0. The molecule has 0 aliphatic heterocycles. The zero-order valence-electron chi connectivity index (χ0n) is 14.9. The number of rotatable bonds is 5. The zero-order valence-corrected chi connectivity index (χ0v) is 14.9. The molecule has 28 heavy (non-hydrogen) atoms. The second-order valence-corrected chi connectivity index (χ2v) is 5.87. The lowest BCUT2D eigenvalue weighted by molar-refractivity contribution is -0.121. The second-order valence-electron chi connectivity index (χ2n) is 5.87. The fraction of sp³-hybridized carbons (Fsp3) is 0.0455. The van der Waals surface area contributed by atoms with Gasteiger partial charge < -0.3 is 10.1 Å². The lowest BCUT2D eigenvalue weighted by atomic mass is 10.0. The Morgan fingerprint density at radius 3 is 2.07 bits per heavy atom. The van der Waals surface area contributed by atoms with Gasteiger partial charge in [-0.05, 0) is 47.5 Å². The van der Waals surface area contributed by atoms with Gasteiger partial charge in [-0.3, -0.25) is 10.1 Å². The SMILES string of the molecule is N#Cc1ccc(-c2ccc(OCC(=O)NC(=O)Nc3ccccc3)cc2)cc1. The lowest BCUT2D eigenvalue weighted by Crippen LogP contribution is -2.37. The minimum Gasteiger partial charge on any atom is -0.484 e. The molecule has 6 nitrogen and oxygen atoms in total. The van der Waals surface area contributed by atoms with Crippen molar-refractivity contribution in [3.05, 3.63) is 84.4 Å². The number of anilines is 1. The summed E-state index contributed by atoms with van der Waals surface area (Å²) in [6.45, 7) is -0.279. The van der Waals surface area contributed by atoms with Crippen LogP contribution in [0.25, 0.3) is 11.1 Å². The zero-order chi connectivity index (χ0) is 19.8. The summed E-state index contributed by atoms with van der Waals surface area (Å²) >= 11 is 0. The van der Waals surface area contributed by atoms with Gasteiger partial charge in [0.15, 0.2) is 6.61 Å². The van der Waals surface area contributed by atoms with Crippen LogP contribution in [0.5, 0.6) is 5.75 Å². The summed E-state index contributed by atoms with van der Waals surface area (Å²) in [5, 5.41) is 13.6.